The Morgan fingerprint density at radius 1 is 0.281 bits per heavy atom. The standard InChI is InChI=1S/2Au.6FHO3S/c;;6*1-5(2,3)4/h;;6*(H,2,3,4)/q2*+3;;;;;;/p-6. The van der Waals surface area contributed by atoms with Gasteiger partial charge in [-0.3, -0.25) is 0 Å². The Hall–Kier alpha value is 0.521. The molecule has 0 aromatic rings. The molecule has 0 rings (SSSR count). The first-order valence-electron chi connectivity index (χ1n) is 3.93. The van der Waals surface area contributed by atoms with Crippen molar-refractivity contribution in [3.63, 3.8) is 0 Å². The van der Waals surface area contributed by atoms with E-state index in [4.69, 9.17) is 77.8 Å². The van der Waals surface area contributed by atoms with E-state index in [9.17, 15) is 23.3 Å². The molecule has 0 unspecified atom stereocenters. The van der Waals surface area contributed by atoms with Crippen LogP contribution in [0, 0.1) is 0 Å². The normalized spacial score (nSPS) is 10.9. The maximum atomic E-state index is 10.1. The van der Waals surface area contributed by atoms with E-state index in [0.29, 0.717) is 0 Å². The van der Waals surface area contributed by atoms with Crippen LogP contribution in [-0.2, 0) is 108 Å². The molecule has 0 spiro atoms. The summed E-state index contributed by atoms with van der Waals surface area (Å²) in [6.45, 7) is 0. The molecule has 0 aliphatic rings. The monoisotopic (exact) mass is 988 g/mol. The summed E-state index contributed by atoms with van der Waals surface area (Å²) < 4.78 is 212. The van der Waals surface area contributed by atoms with Crippen LogP contribution in [0.1, 0.15) is 0 Å². The van der Waals surface area contributed by atoms with Gasteiger partial charge < -0.3 is 27.3 Å². The molecule has 0 aromatic heterocycles. The fraction of sp³-hybridized carbons (Fsp3) is 0. The maximum Gasteiger partial charge on any atom is 3.00 e. The van der Waals surface area contributed by atoms with Crippen LogP contribution in [0.2, 0.25) is 0 Å². The van der Waals surface area contributed by atoms with Crippen molar-refractivity contribution in [3.8, 4) is 0 Å². The maximum absolute atomic E-state index is 10.1. The number of rotatable bonds is 0. The Morgan fingerprint density at radius 2 is 0.281 bits per heavy atom. The molecule has 208 valence electrons. The van der Waals surface area contributed by atoms with Gasteiger partial charge >= 0.3 is 44.8 Å². The van der Waals surface area contributed by atoms with Crippen molar-refractivity contribution in [3.05, 3.63) is 0 Å². The first-order chi connectivity index (χ1) is 12.0. The van der Waals surface area contributed by atoms with Crippen molar-refractivity contribution in [2.24, 2.45) is 0 Å². The molecular formula is Au2F6O18S6. The van der Waals surface area contributed by atoms with Crippen molar-refractivity contribution >= 4 is 63.0 Å². The van der Waals surface area contributed by atoms with Gasteiger partial charge in [0.15, 0.2) is 0 Å². The zero-order valence-electron chi connectivity index (χ0n) is 12.7. The molecule has 32 heavy (non-hydrogen) atoms. The van der Waals surface area contributed by atoms with Crippen molar-refractivity contribution in [2.45, 2.75) is 0 Å². The predicted molar refractivity (Wildman–Crippen MR) is 64.8 cm³/mol. The molecule has 0 saturated carbocycles. The van der Waals surface area contributed by atoms with Crippen LogP contribution in [-0.4, -0.2) is 77.8 Å². The molecule has 0 amide bonds. The SMILES string of the molecule is O=S(=O)([O-])F.O=S(=O)([O-])F.O=S(=O)([O-])F.O=S(=O)([O-])F.O=S(=O)([O-])F.O=S(=O)([O-])F.[Au+3].[Au+3]. The first-order valence-corrected chi connectivity index (χ1v) is 11.8. The van der Waals surface area contributed by atoms with Crippen LogP contribution in [0.4, 0.5) is 23.3 Å². The first kappa shape index (κ1) is 53.7. The van der Waals surface area contributed by atoms with Gasteiger partial charge in [0, 0.05) is 0 Å². The van der Waals surface area contributed by atoms with Crippen LogP contribution in [0.15, 0.2) is 0 Å². The molecule has 0 aromatic carbocycles. The van der Waals surface area contributed by atoms with Gasteiger partial charge in [-0.15, -0.1) is 23.3 Å². The predicted octanol–water partition coefficient (Wildman–Crippen LogP) is -3.51. The van der Waals surface area contributed by atoms with Crippen molar-refractivity contribution < 1.29 is 146 Å². The average molecular weight is 988 g/mol. The minimum absolute atomic E-state index is 0. The second-order valence-electron chi connectivity index (χ2n) is 2.36. The van der Waals surface area contributed by atoms with E-state index in [1.54, 1.807) is 0 Å². The Labute approximate surface area is 207 Å². The molecule has 0 N–H and O–H groups in total. The molecule has 0 atom stereocenters. The molecular weight excluding hydrogens is 988 g/mol. The second-order valence-corrected chi connectivity index (χ2v) is 7.08. The van der Waals surface area contributed by atoms with Crippen molar-refractivity contribution in [1.29, 1.82) is 0 Å². The van der Waals surface area contributed by atoms with Crippen LogP contribution in [0.25, 0.3) is 0 Å². The summed E-state index contributed by atoms with van der Waals surface area (Å²) in [6, 6.07) is 0. The van der Waals surface area contributed by atoms with Gasteiger partial charge in [-0.2, -0.15) is 0 Å². The Morgan fingerprint density at radius 3 is 0.281 bits per heavy atom. The van der Waals surface area contributed by atoms with E-state index < -0.39 is 63.0 Å². The van der Waals surface area contributed by atoms with Crippen LogP contribution in [0.3, 0.4) is 0 Å². The third kappa shape index (κ3) is 98200. The number of hydrogen-bond acceptors (Lipinski definition) is 18. The van der Waals surface area contributed by atoms with Gasteiger partial charge in [0.05, 0.1) is 0 Å². The molecule has 0 bridgehead atoms. The fourth-order valence-electron chi connectivity index (χ4n) is 0. The van der Waals surface area contributed by atoms with E-state index in [1.807, 2.05) is 0 Å². The quantitative estimate of drug-likeness (QED) is 0.0983. The summed E-state index contributed by atoms with van der Waals surface area (Å²) in [5.41, 5.74) is 0. The van der Waals surface area contributed by atoms with Gasteiger partial charge in [-0.25, -0.2) is 50.5 Å². The fourth-order valence-corrected chi connectivity index (χ4v) is 0. The van der Waals surface area contributed by atoms with Gasteiger partial charge in [0.1, 0.15) is 0 Å². The molecule has 0 aliphatic heterocycles. The minimum atomic E-state index is -5.42. The Bertz CT molecular complexity index is 784. The third-order valence-electron chi connectivity index (χ3n) is 0. The zero-order valence-corrected chi connectivity index (χ0v) is 21.9. The largest absolute Gasteiger partial charge is 3.00 e. The summed E-state index contributed by atoms with van der Waals surface area (Å²) >= 11 is 0. The molecule has 18 nitrogen and oxygen atoms in total. The van der Waals surface area contributed by atoms with E-state index in [2.05, 4.69) is 0 Å². The van der Waals surface area contributed by atoms with E-state index in [1.165, 1.54) is 0 Å². The molecule has 0 fully saturated rings. The third-order valence-corrected chi connectivity index (χ3v) is 0. The smallest absolute Gasteiger partial charge is 0.722 e. The van der Waals surface area contributed by atoms with Gasteiger partial charge in [0.25, 0.3) is 63.0 Å². The molecule has 0 aliphatic carbocycles. The molecule has 0 heterocycles. The summed E-state index contributed by atoms with van der Waals surface area (Å²) in [4.78, 5) is 0. The van der Waals surface area contributed by atoms with Gasteiger partial charge in [-0.1, -0.05) is 0 Å². The van der Waals surface area contributed by atoms with Crippen LogP contribution < -0.4 is 0 Å². The van der Waals surface area contributed by atoms with Crippen LogP contribution in [0.5, 0.6) is 0 Å². The molecule has 0 radical (unpaired) electrons. The van der Waals surface area contributed by atoms with E-state index >= 15 is 0 Å². The van der Waals surface area contributed by atoms with Crippen LogP contribution >= 0.6 is 0 Å². The molecule has 0 saturated heterocycles. The van der Waals surface area contributed by atoms with Gasteiger partial charge in [-0.05, 0) is 0 Å². The van der Waals surface area contributed by atoms with Gasteiger partial charge in [0.2, 0.25) is 0 Å². The topological polar surface area (TPSA) is 343 Å². The van der Waals surface area contributed by atoms with E-state index in [0.717, 1.165) is 0 Å². The minimum Gasteiger partial charge on any atom is -0.722 e. The molecule has 32 heteroatoms. The Kier molecular flexibility index (Phi) is 37.0. The average Bonchev–Trinajstić information content (AvgIpc) is 1.94. The summed E-state index contributed by atoms with van der Waals surface area (Å²) in [5.74, 6) is 0. The summed E-state index contributed by atoms with van der Waals surface area (Å²) in [5, 5.41) is 0. The number of halogens is 6. The summed E-state index contributed by atoms with van der Waals surface area (Å²) in [6.07, 6.45) is 0. The van der Waals surface area contributed by atoms with Crippen molar-refractivity contribution in [1.82, 2.24) is 0 Å². The Balaban J connectivity index is -0.0000000356. The summed E-state index contributed by atoms with van der Waals surface area (Å²) in [7, 11) is -32.5. The zero-order chi connectivity index (χ0) is 27.0. The second kappa shape index (κ2) is 22.0. The van der Waals surface area contributed by atoms with E-state index in [-0.39, 0.29) is 44.8 Å². The van der Waals surface area contributed by atoms with Crippen molar-refractivity contribution in [2.75, 3.05) is 0 Å². The number of hydrogen-bond donors (Lipinski definition) is 0.